The van der Waals surface area contributed by atoms with E-state index in [1.54, 1.807) is 0 Å². The van der Waals surface area contributed by atoms with E-state index < -0.39 is 30.3 Å². The second-order valence-electron chi connectivity index (χ2n) is 2.84. The zero-order chi connectivity index (χ0) is 12.6. The Labute approximate surface area is 84.7 Å². The van der Waals surface area contributed by atoms with Gasteiger partial charge in [-0.25, -0.2) is 0 Å². The predicted molar refractivity (Wildman–Crippen MR) is 38.7 cm³/mol. The van der Waals surface area contributed by atoms with E-state index in [-0.39, 0.29) is 17.0 Å². The number of carbonyl (C=O) groups excluding carboxylic acids is 1. The number of hydrogen-bond donors (Lipinski definition) is 0. The first-order chi connectivity index (χ1) is 7.13. The summed E-state index contributed by atoms with van der Waals surface area (Å²) in [4.78, 5) is 10.3. The van der Waals surface area contributed by atoms with Crippen LogP contribution in [-0.2, 0) is 12.7 Å². The minimum atomic E-state index is -4.88. The van der Waals surface area contributed by atoms with Crippen molar-refractivity contribution in [1.82, 2.24) is 9.78 Å². The molecule has 0 atom stereocenters. The normalized spacial score (nSPS) is 12.9. The highest BCUT2D eigenvalue weighted by Gasteiger charge is 2.37. The van der Waals surface area contributed by atoms with Crippen LogP contribution in [-0.4, -0.2) is 22.2 Å². The number of carbonyl (C=O) groups is 1. The molecule has 1 aromatic rings. The van der Waals surface area contributed by atoms with Crippen LogP contribution in [0.5, 0.6) is 0 Å². The fourth-order valence-corrected chi connectivity index (χ4v) is 0.961. The highest BCUT2D eigenvalue weighted by Crippen LogP contribution is 2.29. The number of hydrogen-bond acceptors (Lipinski definition) is 2. The number of alkyl halides is 6. The summed E-state index contributed by atoms with van der Waals surface area (Å²) in [6, 6.07) is 0.263. The van der Waals surface area contributed by atoms with Gasteiger partial charge in [-0.1, -0.05) is 0 Å². The van der Waals surface area contributed by atoms with Gasteiger partial charge in [-0.05, 0) is 6.07 Å². The zero-order valence-corrected chi connectivity index (χ0v) is 7.43. The zero-order valence-electron chi connectivity index (χ0n) is 7.43. The summed E-state index contributed by atoms with van der Waals surface area (Å²) in [5.74, 6) is 0. The number of aldehydes is 1. The molecule has 0 spiro atoms. The smallest absolute Gasteiger partial charge is 0.296 e. The fourth-order valence-electron chi connectivity index (χ4n) is 0.961. The van der Waals surface area contributed by atoms with Gasteiger partial charge in [-0.3, -0.25) is 9.48 Å². The molecule has 0 aromatic carbocycles. The van der Waals surface area contributed by atoms with E-state index in [1.807, 2.05) is 0 Å². The van der Waals surface area contributed by atoms with E-state index in [0.29, 0.717) is 0 Å². The third-order valence-electron chi connectivity index (χ3n) is 1.55. The minimum Gasteiger partial charge on any atom is -0.296 e. The molecular weight excluding hydrogens is 242 g/mol. The Hall–Kier alpha value is -1.54. The molecule has 16 heavy (non-hydrogen) atoms. The molecule has 90 valence electrons. The van der Waals surface area contributed by atoms with Gasteiger partial charge < -0.3 is 0 Å². The lowest BCUT2D eigenvalue weighted by molar-refractivity contribution is -0.149. The van der Waals surface area contributed by atoms with Crippen LogP contribution in [0.3, 0.4) is 0 Å². The molecule has 0 saturated carbocycles. The standard InChI is InChI=1S/C7H4F6N2O/c8-6(9,10)3-15-4(2-16)1-5(14-15)7(11,12)13/h1-2H,3H2. The maximum atomic E-state index is 12.1. The van der Waals surface area contributed by atoms with Crippen molar-refractivity contribution in [2.45, 2.75) is 18.9 Å². The Morgan fingerprint density at radius 1 is 1.25 bits per heavy atom. The van der Waals surface area contributed by atoms with E-state index in [2.05, 4.69) is 5.10 Å². The van der Waals surface area contributed by atoms with Crippen molar-refractivity contribution in [3.63, 3.8) is 0 Å². The minimum absolute atomic E-state index is 0.0319. The fraction of sp³-hybridized carbons (Fsp3) is 0.429. The van der Waals surface area contributed by atoms with Crippen LogP contribution in [0.15, 0.2) is 6.07 Å². The van der Waals surface area contributed by atoms with Crippen molar-refractivity contribution < 1.29 is 31.1 Å². The molecule has 1 heterocycles. The van der Waals surface area contributed by atoms with Crippen LogP contribution in [0, 0.1) is 0 Å². The van der Waals surface area contributed by atoms with Crippen LogP contribution < -0.4 is 0 Å². The summed E-state index contributed by atoms with van der Waals surface area (Å²) in [6.07, 6.45) is -9.74. The van der Waals surface area contributed by atoms with Crippen LogP contribution in [0.2, 0.25) is 0 Å². The second-order valence-corrected chi connectivity index (χ2v) is 2.84. The molecule has 0 fully saturated rings. The molecule has 3 nitrogen and oxygen atoms in total. The molecule has 0 aliphatic carbocycles. The van der Waals surface area contributed by atoms with Crippen LogP contribution in [0.4, 0.5) is 26.3 Å². The Morgan fingerprint density at radius 3 is 2.19 bits per heavy atom. The van der Waals surface area contributed by atoms with E-state index in [0.717, 1.165) is 0 Å². The Balaban J connectivity index is 3.10. The topological polar surface area (TPSA) is 34.9 Å². The van der Waals surface area contributed by atoms with Gasteiger partial charge in [-0.15, -0.1) is 0 Å². The average molecular weight is 246 g/mol. The maximum absolute atomic E-state index is 12.1. The first kappa shape index (κ1) is 12.5. The van der Waals surface area contributed by atoms with Gasteiger partial charge in [0.15, 0.2) is 12.0 Å². The van der Waals surface area contributed by atoms with Crippen molar-refractivity contribution in [1.29, 1.82) is 0 Å². The molecule has 9 heteroatoms. The third kappa shape index (κ3) is 2.97. The molecule has 0 aliphatic heterocycles. The lowest BCUT2D eigenvalue weighted by Gasteiger charge is -2.07. The summed E-state index contributed by atoms with van der Waals surface area (Å²) in [6.45, 7) is -1.74. The lowest BCUT2D eigenvalue weighted by atomic mass is 10.3. The van der Waals surface area contributed by atoms with Gasteiger partial charge in [0.05, 0.1) is 0 Å². The molecule has 0 saturated heterocycles. The molecule has 0 unspecified atom stereocenters. The van der Waals surface area contributed by atoms with Crippen molar-refractivity contribution in [2.24, 2.45) is 0 Å². The van der Waals surface area contributed by atoms with Gasteiger partial charge in [0, 0.05) is 0 Å². The van der Waals surface area contributed by atoms with Gasteiger partial charge in [0.25, 0.3) is 0 Å². The first-order valence-corrected chi connectivity index (χ1v) is 3.80. The highest BCUT2D eigenvalue weighted by molar-refractivity contribution is 5.72. The van der Waals surface area contributed by atoms with E-state index >= 15 is 0 Å². The quantitative estimate of drug-likeness (QED) is 0.592. The number of nitrogens with zero attached hydrogens (tertiary/aromatic N) is 2. The largest absolute Gasteiger partial charge is 0.435 e. The number of aromatic nitrogens is 2. The predicted octanol–water partition coefficient (Wildman–Crippen LogP) is 2.28. The van der Waals surface area contributed by atoms with Crippen LogP contribution in [0.25, 0.3) is 0 Å². The molecule has 0 aliphatic rings. The van der Waals surface area contributed by atoms with E-state index in [1.165, 1.54) is 0 Å². The Morgan fingerprint density at radius 2 is 1.81 bits per heavy atom. The third-order valence-corrected chi connectivity index (χ3v) is 1.55. The first-order valence-electron chi connectivity index (χ1n) is 3.80. The summed E-state index contributed by atoms with van der Waals surface area (Å²) >= 11 is 0. The van der Waals surface area contributed by atoms with Gasteiger partial charge in [-0.2, -0.15) is 31.4 Å². The van der Waals surface area contributed by atoms with Gasteiger partial charge in [0.1, 0.15) is 12.2 Å². The van der Waals surface area contributed by atoms with Crippen molar-refractivity contribution in [2.75, 3.05) is 0 Å². The Bertz CT molecular complexity index is 391. The molecule has 1 rings (SSSR count). The highest BCUT2D eigenvalue weighted by atomic mass is 19.4. The summed E-state index contributed by atoms with van der Waals surface area (Å²) < 4.78 is 71.9. The van der Waals surface area contributed by atoms with Gasteiger partial charge in [0.2, 0.25) is 0 Å². The monoisotopic (exact) mass is 246 g/mol. The number of halogens is 6. The SMILES string of the molecule is O=Cc1cc(C(F)(F)F)nn1CC(F)(F)F. The molecule has 0 radical (unpaired) electrons. The second kappa shape index (κ2) is 3.80. The molecule has 0 bridgehead atoms. The summed E-state index contributed by atoms with van der Waals surface area (Å²) in [5, 5.41) is 2.68. The van der Waals surface area contributed by atoms with Crippen molar-refractivity contribution >= 4 is 6.29 Å². The van der Waals surface area contributed by atoms with Crippen molar-refractivity contribution in [3.8, 4) is 0 Å². The van der Waals surface area contributed by atoms with Crippen LogP contribution >= 0.6 is 0 Å². The molecule has 0 N–H and O–H groups in total. The van der Waals surface area contributed by atoms with Crippen molar-refractivity contribution in [3.05, 3.63) is 17.5 Å². The Kier molecular flexibility index (Phi) is 2.97. The molecule has 0 amide bonds. The maximum Gasteiger partial charge on any atom is 0.435 e. The van der Waals surface area contributed by atoms with Gasteiger partial charge >= 0.3 is 12.4 Å². The average Bonchev–Trinajstić information content (AvgIpc) is 2.43. The number of rotatable bonds is 2. The molecule has 1 aromatic heterocycles. The molecular formula is C7H4F6N2O. The van der Waals surface area contributed by atoms with E-state index in [9.17, 15) is 31.1 Å². The summed E-state index contributed by atoms with van der Waals surface area (Å²) in [7, 11) is 0. The summed E-state index contributed by atoms with van der Waals surface area (Å²) in [5.41, 5.74) is -2.30. The van der Waals surface area contributed by atoms with Crippen LogP contribution in [0.1, 0.15) is 16.2 Å². The van der Waals surface area contributed by atoms with E-state index in [4.69, 9.17) is 0 Å². The lowest BCUT2D eigenvalue weighted by Crippen LogP contribution is -2.20.